The molecule has 0 amide bonds. The molecule has 0 spiro atoms. The van der Waals surface area contributed by atoms with Crippen LogP contribution in [0.1, 0.15) is 6.92 Å². The fraction of sp³-hybridized carbons (Fsp3) is 0.600. The van der Waals surface area contributed by atoms with Gasteiger partial charge in [-0.3, -0.25) is 9.59 Å². The van der Waals surface area contributed by atoms with E-state index in [1.165, 1.54) is 12.4 Å². The minimum absolute atomic E-state index is 1.17. The predicted molar refractivity (Wildman–Crippen MR) is 33.1 cm³/mol. The first kappa shape index (κ1) is 9.86. The van der Waals surface area contributed by atoms with E-state index in [2.05, 4.69) is 0 Å². The van der Waals surface area contributed by atoms with Gasteiger partial charge in [-0.1, -0.05) is 0 Å². The summed E-state index contributed by atoms with van der Waals surface area (Å²) in [4.78, 5) is 20.4. The summed E-state index contributed by atoms with van der Waals surface area (Å²) in [5.41, 5.74) is 1.40. The van der Waals surface area contributed by atoms with Crippen molar-refractivity contribution in [2.75, 3.05) is 0 Å². The van der Waals surface area contributed by atoms with Crippen LogP contribution >= 0.6 is 0 Å². The highest BCUT2D eigenvalue weighted by Gasteiger charge is 2.28. The molecular formula is C5H9NO5. The number of hydrogen-bond donors (Lipinski definition) is 4. The normalized spacial score (nSPS) is 15.5. The summed E-state index contributed by atoms with van der Waals surface area (Å²) in [6.07, 6.45) is 0. The Morgan fingerprint density at radius 1 is 1.27 bits per heavy atom. The molecule has 0 saturated heterocycles. The first-order chi connectivity index (χ1) is 5.00. The summed E-state index contributed by atoms with van der Waals surface area (Å²) < 4.78 is 0. The van der Waals surface area contributed by atoms with E-state index in [0.717, 1.165) is 0 Å². The van der Waals surface area contributed by atoms with E-state index in [0.29, 0.717) is 0 Å². The zero-order valence-electron chi connectivity index (χ0n) is 5.81. The van der Waals surface area contributed by atoms with Gasteiger partial charge in [-0.2, -0.15) is 5.48 Å². The van der Waals surface area contributed by atoms with Crippen LogP contribution in [-0.4, -0.2) is 33.4 Å². The molecule has 0 aliphatic rings. The Morgan fingerprint density at radius 3 is 1.82 bits per heavy atom. The predicted octanol–water partition coefficient (Wildman–Crippen LogP) is -0.861. The molecule has 11 heavy (non-hydrogen) atoms. The lowest BCUT2D eigenvalue weighted by Crippen LogP contribution is -2.43. The third kappa shape index (κ3) is 2.52. The van der Waals surface area contributed by atoms with Crippen LogP contribution in [0.2, 0.25) is 0 Å². The van der Waals surface area contributed by atoms with E-state index in [1.807, 2.05) is 0 Å². The molecule has 0 radical (unpaired) electrons. The fourth-order valence-electron chi connectivity index (χ4n) is 0.523. The quantitative estimate of drug-likeness (QED) is 0.402. The highest BCUT2D eigenvalue weighted by molar-refractivity contribution is 5.82. The van der Waals surface area contributed by atoms with E-state index in [4.69, 9.17) is 15.4 Å². The van der Waals surface area contributed by atoms with Crippen LogP contribution in [0.5, 0.6) is 0 Å². The van der Waals surface area contributed by atoms with Crippen molar-refractivity contribution in [3.8, 4) is 0 Å². The number of aliphatic carboxylic acids is 2. The molecule has 0 aromatic heterocycles. The molecule has 0 saturated carbocycles. The van der Waals surface area contributed by atoms with Crippen molar-refractivity contribution in [3.05, 3.63) is 0 Å². The Morgan fingerprint density at radius 2 is 1.73 bits per heavy atom. The summed E-state index contributed by atoms with van der Waals surface area (Å²) in [5, 5.41) is 24.8. The van der Waals surface area contributed by atoms with Gasteiger partial charge in [0.05, 0.1) is 5.92 Å². The number of nitrogens with one attached hydrogen (secondary N) is 1. The topological polar surface area (TPSA) is 107 Å². The van der Waals surface area contributed by atoms with Crippen LogP contribution in [0.3, 0.4) is 0 Å². The van der Waals surface area contributed by atoms with E-state index in [9.17, 15) is 9.59 Å². The highest BCUT2D eigenvalue weighted by atomic mass is 16.5. The molecular weight excluding hydrogens is 154 g/mol. The van der Waals surface area contributed by atoms with Gasteiger partial charge in [0.2, 0.25) is 0 Å². The average Bonchev–Trinajstić information content (AvgIpc) is 1.88. The van der Waals surface area contributed by atoms with Crippen molar-refractivity contribution >= 4 is 11.9 Å². The first-order valence-corrected chi connectivity index (χ1v) is 2.86. The second kappa shape index (κ2) is 3.89. The van der Waals surface area contributed by atoms with E-state index >= 15 is 0 Å². The van der Waals surface area contributed by atoms with Crippen molar-refractivity contribution < 1.29 is 25.0 Å². The second-order valence-electron chi connectivity index (χ2n) is 2.07. The van der Waals surface area contributed by atoms with Gasteiger partial charge < -0.3 is 15.4 Å². The smallest absolute Gasteiger partial charge is 0.323 e. The molecule has 0 bridgehead atoms. The summed E-state index contributed by atoms with van der Waals surface area (Å²) in [6, 6.07) is -1.47. The molecule has 4 N–H and O–H groups in total. The van der Waals surface area contributed by atoms with Crippen LogP contribution < -0.4 is 5.48 Å². The van der Waals surface area contributed by atoms with Crippen LogP contribution in [0.25, 0.3) is 0 Å². The lowest BCUT2D eigenvalue weighted by molar-refractivity contribution is -0.153. The van der Waals surface area contributed by atoms with Gasteiger partial charge in [-0.25, -0.2) is 0 Å². The van der Waals surface area contributed by atoms with Crippen molar-refractivity contribution in [1.29, 1.82) is 0 Å². The van der Waals surface area contributed by atoms with Crippen molar-refractivity contribution in [1.82, 2.24) is 5.48 Å². The maximum absolute atomic E-state index is 10.2. The highest BCUT2D eigenvalue weighted by Crippen LogP contribution is 2.02. The van der Waals surface area contributed by atoms with E-state index in [1.54, 1.807) is 0 Å². The molecule has 0 aliphatic heterocycles. The van der Waals surface area contributed by atoms with Gasteiger partial charge in [0.1, 0.15) is 6.04 Å². The zero-order chi connectivity index (χ0) is 9.02. The SMILES string of the molecule is C[C@H](C(=O)O)[C@H](NO)C(=O)O. The molecule has 64 valence electrons. The molecule has 0 aliphatic carbocycles. The van der Waals surface area contributed by atoms with Crippen molar-refractivity contribution in [2.24, 2.45) is 5.92 Å². The third-order valence-electron chi connectivity index (χ3n) is 1.29. The largest absolute Gasteiger partial charge is 0.481 e. The lowest BCUT2D eigenvalue weighted by atomic mass is 10.0. The van der Waals surface area contributed by atoms with Gasteiger partial charge in [-0.15, -0.1) is 0 Å². The molecule has 6 nitrogen and oxygen atoms in total. The van der Waals surface area contributed by atoms with Crippen LogP contribution in [0.15, 0.2) is 0 Å². The van der Waals surface area contributed by atoms with Gasteiger partial charge >= 0.3 is 11.9 Å². The minimum Gasteiger partial charge on any atom is -0.481 e. The van der Waals surface area contributed by atoms with Crippen LogP contribution in [0, 0.1) is 5.92 Å². The van der Waals surface area contributed by atoms with Crippen molar-refractivity contribution in [2.45, 2.75) is 13.0 Å². The minimum atomic E-state index is -1.47. The first-order valence-electron chi connectivity index (χ1n) is 2.86. The second-order valence-corrected chi connectivity index (χ2v) is 2.07. The fourth-order valence-corrected chi connectivity index (χ4v) is 0.523. The average molecular weight is 163 g/mol. The molecule has 0 heterocycles. The molecule has 0 fully saturated rings. The third-order valence-corrected chi connectivity index (χ3v) is 1.29. The zero-order valence-corrected chi connectivity index (χ0v) is 5.81. The standard InChI is InChI=1S/C5H9NO5/c1-2(4(7)8)3(6-11)5(9)10/h2-3,6,11H,1H3,(H,7,8)(H,9,10)/t2-,3-/m0/s1. The maximum Gasteiger partial charge on any atom is 0.323 e. The Kier molecular flexibility index (Phi) is 3.49. The summed E-state index contributed by atoms with van der Waals surface area (Å²) in [5.74, 6) is -3.85. The number of carboxylic acids is 2. The molecule has 2 atom stereocenters. The lowest BCUT2D eigenvalue weighted by Gasteiger charge is -2.13. The number of hydrogen-bond acceptors (Lipinski definition) is 4. The van der Waals surface area contributed by atoms with Crippen molar-refractivity contribution in [3.63, 3.8) is 0 Å². The Hall–Kier alpha value is -1.14. The summed E-state index contributed by atoms with van der Waals surface area (Å²) in [7, 11) is 0. The van der Waals surface area contributed by atoms with Gasteiger partial charge in [0.25, 0.3) is 0 Å². The van der Waals surface area contributed by atoms with E-state index in [-0.39, 0.29) is 0 Å². The van der Waals surface area contributed by atoms with Crippen LogP contribution in [-0.2, 0) is 9.59 Å². The number of rotatable bonds is 4. The molecule has 0 unspecified atom stereocenters. The molecule has 6 heteroatoms. The monoisotopic (exact) mass is 163 g/mol. The molecule has 0 rings (SSSR count). The summed E-state index contributed by atoms with van der Waals surface area (Å²) in [6.45, 7) is 1.18. The maximum atomic E-state index is 10.2. The summed E-state index contributed by atoms with van der Waals surface area (Å²) >= 11 is 0. The number of carbonyl (C=O) groups is 2. The van der Waals surface area contributed by atoms with Gasteiger partial charge in [-0.05, 0) is 6.92 Å². The van der Waals surface area contributed by atoms with Gasteiger partial charge in [0, 0.05) is 0 Å². The van der Waals surface area contributed by atoms with E-state index < -0.39 is 23.9 Å². The Labute approximate surface area is 62.4 Å². The number of hydroxylamine groups is 1. The Balaban J connectivity index is 4.25. The van der Waals surface area contributed by atoms with Crippen LogP contribution in [0.4, 0.5) is 0 Å². The molecule has 0 aromatic carbocycles. The molecule has 0 aromatic rings. The Bertz CT molecular complexity index is 168. The number of carboxylic acid groups (broad SMARTS) is 2. The van der Waals surface area contributed by atoms with Gasteiger partial charge in [0.15, 0.2) is 0 Å².